The molecule has 7 heteroatoms. The van der Waals surface area contributed by atoms with Crippen LogP contribution in [-0.4, -0.2) is 38.1 Å². The Morgan fingerprint density at radius 2 is 1.92 bits per heavy atom. The Bertz CT molecular complexity index is 1010. The van der Waals surface area contributed by atoms with Gasteiger partial charge in [0.05, 0.1) is 5.56 Å². The molecule has 4 rings (SSSR count). The van der Waals surface area contributed by atoms with Crippen LogP contribution in [0.1, 0.15) is 15.9 Å². The number of aromatic nitrogens is 5. The van der Waals surface area contributed by atoms with Gasteiger partial charge in [0.1, 0.15) is 0 Å². The van der Waals surface area contributed by atoms with Gasteiger partial charge in [0.2, 0.25) is 5.82 Å². The monoisotopic (exact) mass is 332 g/mol. The second kappa shape index (κ2) is 6.56. The lowest BCUT2D eigenvalue weighted by atomic mass is 10.1. The van der Waals surface area contributed by atoms with E-state index < -0.39 is 0 Å². The van der Waals surface area contributed by atoms with Crippen LogP contribution < -0.4 is 5.32 Å². The number of tetrazole rings is 1. The molecular weight excluding hydrogens is 316 g/mol. The summed E-state index contributed by atoms with van der Waals surface area (Å²) in [6, 6.07) is 15.4. The van der Waals surface area contributed by atoms with Gasteiger partial charge in [-0.2, -0.15) is 5.21 Å². The Kier molecular flexibility index (Phi) is 3.96. The van der Waals surface area contributed by atoms with Crippen molar-refractivity contribution >= 4 is 16.8 Å². The minimum atomic E-state index is -0.153. The molecule has 0 bridgehead atoms. The third kappa shape index (κ3) is 2.99. The number of hydrogen-bond acceptors (Lipinski definition) is 4. The van der Waals surface area contributed by atoms with Gasteiger partial charge in [-0.3, -0.25) is 4.79 Å². The molecule has 0 spiro atoms. The number of H-pyrrole nitrogens is 2. The minimum absolute atomic E-state index is 0.153. The SMILES string of the molecule is O=C(NCCc1c[nH]c2ccccc12)c1ccccc1-c1nn[nH]n1. The molecule has 0 aliphatic rings. The van der Waals surface area contributed by atoms with Gasteiger partial charge >= 0.3 is 0 Å². The first-order chi connectivity index (χ1) is 12.3. The first kappa shape index (κ1) is 15.1. The standard InChI is InChI=1S/C18H16N6O/c25-18(15-7-2-1-6-14(15)17-21-23-24-22-17)19-10-9-12-11-20-16-8-4-3-5-13(12)16/h1-8,11,20H,9-10H2,(H,19,25)(H,21,22,23,24). The fraction of sp³-hybridized carbons (Fsp3) is 0.111. The average Bonchev–Trinajstić information content (AvgIpc) is 3.32. The molecule has 0 atom stereocenters. The highest BCUT2D eigenvalue weighted by atomic mass is 16.1. The lowest BCUT2D eigenvalue weighted by Crippen LogP contribution is -2.26. The van der Waals surface area contributed by atoms with Gasteiger partial charge in [-0.1, -0.05) is 36.4 Å². The summed E-state index contributed by atoms with van der Waals surface area (Å²) in [6.45, 7) is 0.543. The number of rotatable bonds is 5. The Hall–Kier alpha value is -3.48. The molecule has 0 aliphatic carbocycles. The molecule has 0 aliphatic heterocycles. The fourth-order valence-corrected chi connectivity index (χ4v) is 2.90. The summed E-state index contributed by atoms with van der Waals surface area (Å²) in [5, 5.41) is 18.0. The molecule has 0 radical (unpaired) electrons. The second-order valence-electron chi connectivity index (χ2n) is 5.65. The number of fused-ring (bicyclic) bond motifs is 1. The first-order valence-electron chi connectivity index (χ1n) is 7.99. The van der Waals surface area contributed by atoms with Crippen LogP contribution in [-0.2, 0) is 6.42 Å². The topological polar surface area (TPSA) is 99.4 Å². The summed E-state index contributed by atoms with van der Waals surface area (Å²) in [6.07, 6.45) is 2.74. The van der Waals surface area contributed by atoms with Crippen LogP contribution in [0.4, 0.5) is 0 Å². The third-order valence-electron chi connectivity index (χ3n) is 4.11. The lowest BCUT2D eigenvalue weighted by Gasteiger charge is -2.08. The van der Waals surface area contributed by atoms with Gasteiger partial charge in [0, 0.05) is 29.2 Å². The molecule has 0 fully saturated rings. The van der Waals surface area contributed by atoms with Crippen LogP contribution >= 0.6 is 0 Å². The number of nitrogens with one attached hydrogen (secondary N) is 3. The number of para-hydroxylation sites is 1. The Morgan fingerprint density at radius 1 is 1.08 bits per heavy atom. The average molecular weight is 332 g/mol. The maximum atomic E-state index is 12.5. The third-order valence-corrected chi connectivity index (χ3v) is 4.11. The van der Waals surface area contributed by atoms with Gasteiger partial charge in [0.15, 0.2) is 0 Å². The van der Waals surface area contributed by atoms with Gasteiger partial charge in [0.25, 0.3) is 5.91 Å². The van der Waals surface area contributed by atoms with Crippen molar-refractivity contribution < 1.29 is 4.79 Å². The lowest BCUT2D eigenvalue weighted by molar-refractivity contribution is 0.0954. The molecule has 2 heterocycles. The van der Waals surface area contributed by atoms with E-state index in [2.05, 4.69) is 37.0 Å². The van der Waals surface area contributed by atoms with Crippen LogP contribution in [0.5, 0.6) is 0 Å². The highest BCUT2D eigenvalue weighted by Gasteiger charge is 2.15. The van der Waals surface area contributed by atoms with E-state index in [0.717, 1.165) is 11.9 Å². The molecule has 4 aromatic rings. The van der Waals surface area contributed by atoms with Gasteiger partial charge in [-0.25, -0.2) is 0 Å². The number of carbonyl (C=O) groups excluding carboxylic acids is 1. The van der Waals surface area contributed by atoms with Crippen molar-refractivity contribution in [3.63, 3.8) is 0 Å². The van der Waals surface area contributed by atoms with Crippen molar-refractivity contribution in [3.05, 3.63) is 65.9 Å². The van der Waals surface area contributed by atoms with Gasteiger partial charge < -0.3 is 10.3 Å². The van der Waals surface area contributed by atoms with Crippen LogP contribution in [0, 0.1) is 0 Å². The van der Waals surface area contributed by atoms with E-state index in [1.165, 1.54) is 10.9 Å². The molecule has 124 valence electrons. The maximum absolute atomic E-state index is 12.5. The number of aromatic amines is 2. The number of amides is 1. The second-order valence-corrected chi connectivity index (χ2v) is 5.65. The molecule has 2 aromatic carbocycles. The largest absolute Gasteiger partial charge is 0.361 e. The summed E-state index contributed by atoms with van der Waals surface area (Å²) in [5.41, 5.74) is 3.47. The molecule has 2 aromatic heterocycles. The molecule has 0 unspecified atom stereocenters. The van der Waals surface area contributed by atoms with E-state index in [4.69, 9.17) is 0 Å². The van der Waals surface area contributed by atoms with E-state index >= 15 is 0 Å². The molecule has 1 amide bonds. The van der Waals surface area contributed by atoms with Crippen LogP contribution in [0.15, 0.2) is 54.7 Å². The van der Waals surface area contributed by atoms with Crippen molar-refractivity contribution in [2.45, 2.75) is 6.42 Å². The maximum Gasteiger partial charge on any atom is 0.252 e. The summed E-state index contributed by atoms with van der Waals surface area (Å²) in [4.78, 5) is 15.8. The highest BCUT2D eigenvalue weighted by Crippen LogP contribution is 2.20. The number of hydrogen-bond donors (Lipinski definition) is 3. The van der Waals surface area contributed by atoms with Crippen molar-refractivity contribution in [2.75, 3.05) is 6.54 Å². The van der Waals surface area contributed by atoms with Crippen LogP contribution in [0.3, 0.4) is 0 Å². The number of benzene rings is 2. The van der Waals surface area contributed by atoms with E-state index in [9.17, 15) is 4.79 Å². The normalized spacial score (nSPS) is 10.9. The Balaban J connectivity index is 1.46. The summed E-state index contributed by atoms with van der Waals surface area (Å²) >= 11 is 0. The zero-order chi connectivity index (χ0) is 17.1. The van der Waals surface area contributed by atoms with E-state index in [1.807, 2.05) is 36.5 Å². The minimum Gasteiger partial charge on any atom is -0.361 e. The Labute approximate surface area is 143 Å². The highest BCUT2D eigenvalue weighted by molar-refractivity contribution is 6.00. The number of carbonyl (C=O) groups is 1. The summed E-state index contributed by atoms with van der Waals surface area (Å²) in [5.74, 6) is 0.252. The van der Waals surface area contributed by atoms with Crippen molar-refractivity contribution in [3.8, 4) is 11.4 Å². The summed E-state index contributed by atoms with van der Waals surface area (Å²) in [7, 11) is 0. The quantitative estimate of drug-likeness (QED) is 0.522. The van der Waals surface area contributed by atoms with Crippen molar-refractivity contribution in [1.29, 1.82) is 0 Å². The fourth-order valence-electron chi connectivity index (χ4n) is 2.90. The molecule has 0 saturated carbocycles. The molecular formula is C18H16N6O. The molecule has 25 heavy (non-hydrogen) atoms. The molecule has 0 saturated heterocycles. The van der Waals surface area contributed by atoms with E-state index in [0.29, 0.717) is 23.5 Å². The predicted molar refractivity (Wildman–Crippen MR) is 93.9 cm³/mol. The zero-order valence-corrected chi connectivity index (χ0v) is 13.4. The molecule has 7 nitrogen and oxygen atoms in total. The first-order valence-corrected chi connectivity index (χ1v) is 7.99. The van der Waals surface area contributed by atoms with Gasteiger partial charge in [-0.05, 0) is 29.3 Å². The Morgan fingerprint density at radius 3 is 2.80 bits per heavy atom. The smallest absolute Gasteiger partial charge is 0.252 e. The van der Waals surface area contributed by atoms with Gasteiger partial charge in [-0.15, -0.1) is 10.2 Å². The predicted octanol–water partition coefficient (Wildman–Crippen LogP) is 2.32. The summed E-state index contributed by atoms with van der Waals surface area (Å²) < 4.78 is 0. The van der Waals surface area contributed by atoms with Crippen molar-refractivity contribution in [2.24, 2.45) is 0 Å². The van der Waals surface area contributed by atoms with E-state index in [1.54, 1.807) is 12.1 Å². The van der Waals surface area contributed by atoms with Crippen LogP contribution in [0.25, 0.3) is 22.3 Å². The van der Waals surface area contributed by atoms with E-state index in [-0.39, 0.29) is 5.91 Å². The van der Waals surface area contributed by atoms with Crippen LogP contribution in [0.2, 0.25) is 0 Å². The number of nitrogens with zero attached hydrogens (tertiary/aromatic N) is 3. The zero-order valence-electron chi connectivity index (χ0n) is 13.4. The van der Waals surface area contributed by atoms with Crippen molar-refractivity contribution in [1.82, 2.24) is 30.9 Å². The molecule has 3 N–H and O–H groups in total.